The van der Waals surface area contributed by atoms with Crippen LogP contribution in [0.1, 0.15) is 5.56 Å². The summed E-state index contributed by atoms with van der Waals surface area (Å²) in [5.41, 5.74) is 0.388. The van der Waals surface area contributed by atoms with E-state index >= 15 is 0 Å². The molecular weight excluding hydrogens is 361 g/mol. The van der Waals surface area contributed by atoms with E-state index < -0.39 is 21.5 Å². The van der Waals surface area contributed by atoms with Crippen molar-refractivity contribution in [2.24, 2.45) is 0 Å². The quantitative estimate of drug-likeness (QED) is 0.761. The first kappa shape index (κ1) is 19.8. The highest BCUT2D eigenvalue weighted by molar-refractivity contribution is 7.89. The van der Waals surface area contributed by atoms with Gasteiger partial charge in [-0.05, 0) is 30.2 Å². The SMILES string of the molecule is CN(C)S(=O)(=O)c1ccc(=O)n(CC(=O)NCCc2ccc(F)cc2)c1. The number of nitrogens with zero attached hydrogens (tertiary/aromatic N) is 2. The predicted octanol–water partition coefficient (Wildman–Crippen LogP) is 0.597. The second kappa shape index (κ2) is 8.24. The average Bonchev–Trinajstić information content (AvgIpc) is 2.58. The molecule has 0 aliphatic rings. The predicted molar refractivity (Wildman–Crippen MR) is 94.7 cm³/mol. The molecule has 0 saturated carbocycles. The van der Waals surface area contributed by atoms with E-state index in [1.807, 2.05) is 0 Å². The van der Waals surface area contributed by atoms with Gasteiger partial charge in [0, 0.05) is 32.9 Å². The summed E-state index contributed by atoms with van der Waals surface area (Å²) in [5.74, 6) is -0.752. The van der Waals surface area contributed by atoms with E-state index in [9.17, 15) is 22.4 Å². The zero-order valence-electron chi connectivity index (χ0n) is 14.5. The van der Waals surface area contributed by atoms with E-state index in [1.54, 1.807) is 12.1 Å². The molecule has 0 spiro atoms. The Bertz CT molecular complexity index is 937. The molecule has 26 heavy (non-hydrogen) atoms. The minimum atomic E-state index is -3.70. The van der Waals surface area contributed by atoms with Crippen molar-refractivity contribution >= 4 is 15.9 Å². The standard InChI is InChI=1S/C17H20FN3O4S/c1-20(2)26(24,25)15-7-8-17(23)21(11-15)12-16(22)19-10-9-13-3-5-14(18)6-4-13/h3-8,11H,9-10,12H2,1-2H3,(H,19,22). The first-order valence-corrected chi connectivity index (χ1v) is 9.28. The molecule has 7 nitrogen and oxygen atoms in total. The Labute approximate surface area is 151 Å². The summed E-state index contributed by atoms with van der Waals surface area (Å²) in [6, 6.07) is 8.26. The number of carbonyl (C=O) groups is 1. The van der Waals surface area contributed by atoms with Gasteiger partial charge in [0.1, 0.15) is 12.4 Å². The Morgan fingerprint density at radius 1 is 1.15 bits per heavy atom. The summed E-state index contributed by atoms with van der Waals surface area (Å²) >= 11 is 0. The van der Waals surface area contributed by atoms with Crippen LogP contribution in [-0.2, 0) is 27.8 Å². The third-order valence-corrected chi connectivity index (χ3v) is 5.50. The van der Waals surface area contributed by atoms with Gasteiger partial charge in [-0.15, -0.1) is 0 Å². The number of carbonyl (C=O) groups excluding carboxylic acids is 1. The molecule has 1 N–H and O–H groups in total. The maximum atomic E-state index is 12.8. The van der Waals surface area contributed by atoms with Crippen molar-refractivity contribution in [1.29, 1.82) is 0 Å². The molecule has 0 bridgehead atoms. The van der Waals surface area contributed by atoms with Crippen molar-refractivity contribution in [2.75, 3.05) is 20.6 Å². The van der Waals surface area contributed by atoms with E-state index in [1.165, 1.54) is 32.3 Å². The number of hydrogen-bond acceptors (Lipinski definition) is 4. The average molecular weight is 381 g/mol. The van der Waals surface area contributed by atoms with E-state index in [0.29, 0.717) is 13.0 Å². The van der Waals surface area contributed by atoms with Crippen LogP contribution in [-0.4, -0.2) is 43.8 Å². The number of rotatable bonds is 7. The van der Waals surface area contributed by atoms with E-state index in [0.717, 1.165) is 26.7 Å². The van der Waals surface area contributed by atoms with E-state index in [2.05, 4.69) is 5.32 Å². The summed E-state index contributed by atoms with van der Waals surface area (Å²) in [5, 5.41) is 2.65. The number of sulfonamides is 1. The minimum Gasteiger partial charge on any atom is -0.354 e. The summed E-state index contributed by atoms with van der Waals surface area (Å²) < 4.78 is 39.1. The number of benzene rings is 1. The third kappa shape index (κ3) is 4.99. The summed E-state index contributed by atoms with van der Waals surface area (Å²) in [4.78, 5) is 23.8. The van der Waals surface area contributed by atoms with Crippen LogP contribution in [0.2, 0.25) is 0 Å². The Morgan fingerprint density at radius 3 is 2.42 bits per heavy atom. The molecule has 0 fully saturated rings. The molecule has 0 saturated heterocycles. The second-order valence-electron chi connectivity index (χ2n) is 5.84. The van der Waals surface area contributed by atoms with Crippen molar-refractivity contribution < 1.29 is 17.6 Å². The highest BCUT2D eigenvalue weighted by Gasteiger charge is 2.18. The van der Waals surface area contributed by atoms with Gasteiger partial charge in [0.2, 0.25) is 15.9 Å². The van der Waals surface area contributed by atoms with Crippen molar-refractivity contribution in [3.8, 4) is 0 Å². The fraction of sp³-hybridized carbons (Fsp3) is 0.294. The Hall–Kier alpha value is -2.52. The van der Waals surface area contributed by atoms with Gasteiger partial charge >= 0.3 is 0 Å². The fourth-order valence-electron chi connectivity index (χ4n) is 2.20. The lowest BCUT2D eigenvalue weighted by molar-refractivity contribution is -0.121. The molecule has 0 radical (unpaired) electrons. The third-order valence-electron chi connectivity index (χ3n) is 3.70. The molecule has 1 aromatic carbocycles. The van der Waals surface area contributed by atoms with Crippen molar-refractivity contribution in [1.82, 2.24) is 14.2 Å². The molecule has 9 heteroatoms. The largest absolute Gasteiger partial charge is 0.354 e. The van der Waals surface area contributed by atoms with Crippen LogP contribution < -0.4 is 10.9 Å². The van der Waals surface area contributed by atoms with Crippen LogP contribution in [0.5, 0.6) is 0 Å². The number of aromatic nitrogens is 1. The molecular formula is C17H20FN3O4S. The van der Waals surface area contributed by atoms with Crippen LogP contribution in [0.3, 0.4) is 0 Å². The molecule has 1 aromatic heterocycles. The topological polar surface area (TPSA) is 88.5 Å². The maximum absolute atomic E-state index is 12.8. The van der Waals surface area contributed by atoms with Gasteiger partial charge in [0.25, 0.3) is 5.56 Å². The van der Waals surface area contributed by atoms with Gasteiger partial charge in [-0.1, -0.05) is 12.1 Å². The van der Waals surface area contributed by atoms with Crippen LogP contribution in [0, 0.1) is 5.82 Å². The normalized spacial score (nSPS) is 11.5. The summed E-state index contributed by atoms with van der Waals surface area (Å²) in [6.07, 6.45) is 1.66. The van der Waals surface area contributed by atoms with Crippen LogP contribution in [0.15, 0.2) is 52.3 Å². The maximum Gasteiger partial charge on any atom is 0.251 e. The molecule has 0 aliphatic heterocycles. The summed E-state index contributed by atoms with van der Waals surface area (Å²) in [7, 11) is -0.933. The number of hydrogen-bond donors (Lipinski definition) is 1. The van der Waals surface area contributed by atoms with Crippen molar-refractivity contribution in [3.05, 3.63) is 64.3 Å². The summed E-state index contributed by atoms with van der Waals surface area (Å²) in [6.45, 7) is 0.0218. The fourth-order valence-corrected chi connectivity index (χ4v) is 3.13. The number of halogens is 1. The molecule has 2 aromatic rings. The van der Waals surface area contributed by atoms with Gasteiger partial charge in [-0.25, -0.2) is 17.1 Å². The first-order valence-electron chi connectivity index (χ1n) is 7.84. The molecule has 0 atom stereocenters. The Morgan fingerprint density at radius 2 is 1.81 bits per heavy atom. The molecule has 140 valence electrons. The van der Waals surface area contributed by atoms with E-state index in [-0.39, 0.29) is 17.3 Å². The van der Waals surface area contributed by atoms with E-state index in [4.69, 9.17) is 0 Å². The van der Waals surface area contributed by atoms with Crippen molar-refractivity contribution in [3.63, 3.8) is 0 Å². The molecule has 0 aliphatic carbocycles. The highest BCUT2D eigenvalue weighted by atomic mass is 32.2. The van der Waals surface area contributed by atoms with Gasteiger partial charge in [0.15, 0.2) is 0 Å². The van der Waals surface area contributed by atoms with Gasteiger partial charge in [0.05, 0.1) is 4.90 Å². The zero-order valence-corrected chi connectivity index (χ0v) is 15.3. The van der Waals surface area contributed by atoms with Crippen LogP contribution in [0.4, 0.5) is 4.39 Å². The highest BCUT2D eigenvalue weighted by Crippen LogP contribution is 2.10. The molecule has 1 heterocycles. The zero-order chi connectivity index (χ0) is 19.3. The Balaban J connectivity index is 2.00. The minimum absolute atomic E-state index is 0.0683. The lowest BCUT2D eigenvalue weighted by Gasteiger charge is -2.13. The van der Waals surface area contributed by atoms with Gasteiger partial charge in [-0.2, -0.15) is 0 Å². The lowest BCUT2D eigenvalue weighted by atomic mass is 10.1. The molecule has 0 unspecified atom stereocenters. The number of pyridine rings is 1. The van der Waals surface area contributed by atoms with Gasteiger partial charge < -0.3 is 9.88 Å². The Kier molecular flexibility index (Phi) is 6.27. The second-order valence-corrected chi connectivity index (χ2v) is 8.00. The first-order chi connectivity index (χ1) is 12.2. The lowest BCUT2D eigenvalue weighted by Crippen LogP contribution is -2.33. The smallest absolute Gasteiger partial charge is 0.251 e. The van der Waals surface area contributed by atoms with Crippen LogP contribution in [0.25, 0.3) is 0 Å². The monoisotopic (exact) mass is 381 g/mol. The number of amides is 1. The number of nitrogens with one attached hydrogen (secondary N) is 1. The van der Waals surface area contributed by atoms with Crippen molar-refractivity contribution in [2.45, 2.75) is 17.9 Å². The molecule has 2 rings (SSSR count). The van der Waals surface area contributed by atoms with Gasteiger partial charge in [-0.3, -0.25) is 9.59 Å². The molecule has 1 amide bonds. The van der Waals surface area contributed by atoms with Crippen LogP contribution >= 0.6 is 0 Å².